The highest BCUT2D eigenvalue weighted by atomic mass is 15.2. The summed E-state index contributed by atoms with van der Waals surface area (Å²) in [7, 11) is 0. The zero-order valence-corrected chi connectivity index (χ0v) is 8.51. The maximum atomic E-state index is 9.11. The Morgan fingerprint density at radius 2 is 1.94 bits per heavy atom. The van der Waals surface area contributed by atoms with Gasteiger partial charge >= 0.3 is 0 Å². The third kappa shape index (κ3) is 1.72. The van der Waals surface area contributed by atoms with Crippen LogP contribution in [0, 0.1) is 11.3 Å². The van der Waals surface area contributed by atoms with Gasteiger partial charge in [-0.3, -0.25) is 0 Å². The van der Waals surface area contributed by atoms with Gasteiger partial charge in [-0.1, -0.05) is 30.3 Å². The lowest BCUT2D eigenvalue weighted by Gasteiger charge is -2.07. The molecule has 0 amide bonds. The number of nitrogens with zero attached hydrogens (tertiary/aromatic N) is 2. The zero-order chi connectivity index (χ0) is 11.4. The normalized spacial score (nSPS) is 9.50. The van der Waals surface area contributed by atoms with Crippen molar-refractivity contribution in [2.24, 2.45) is 5.84 Å². The maximum Gasteiger partial charge on any atom is 0.158 e. The van der Waals surface area contributed by atoms with Gasteiger partial charge < -0.3 is 5.43 Å². The standard InChI is InChI=1S/C12H10N4/c13-8-11-10(6-7-15-12(11)16-14)9-4-2-1-3-5-9/h1-7H,14H2,(H,15,16). The van der Waals surface area contributed by atoms with Gasteiger partial charge in [0, 0.05) is 11.8 Å². The fourth-order valence-electron chi connectivity index (χ4n) is 1.54. The first-order valence-corrected chi connectivity index (χ1v) is 4.78. The summed E-state index contributed by atoms with van der Waals surface area (Å²) in [6.45, 7) is 0. The first-order chi connectivity index (χ1) is 7.86. The summed E-state index contributed by atoms with van der Waals surface area (Å²) < 4.78 is 0. The van der Waals surface area contributed by atoms with Gasteiger partial charge in [-0.05, 0) is 11.6 Å². The summed E-state index contributed by atoms with van der Waals surface area (Å²) in [5, 5.41) is 9.11. The molecule has 0 aliphatic heterocycles. The lowest BCUT2D eigenvalue weighted by Crippen LogP contribution is -2.10. The second kappa shape index (κ2) is 4.43. The maximum absolute atomic E-state index is 9.11. The Morgan fingerprint density at radius 3 is 2.56 bits per heavy atom. The molecule has 0 unspecified atom stereocenters. The minimum atomic E-state index is 0.392. The van der Waals surface area contributed by atoms with Crippen molar-refractivity contribution < 1.29 is 0 Å². The smallest absolute Gasteiger partial charge is 0.158 e. The van der Waals surface area contributed by atoms with Crippen molar-refractivity contribution in [3.8, 4) is 17.2 Å². The molecule has 0 radical (unpaired) electrons. The van der Waals surface area contributed by atoms with E-state index in [4.69, 9.17) is 11.1 Å². The number of nitrogens with two attached hydrogens (primary N) is 1. The summed E-state index contributed by atoms with van der Waals surface area (Å²) in [4.78, 5) is 4.00. The first kappa shape index (κ1) is 10.1. The third-order valence-corrected chi connectivity index (χ3v) is 2.28. The van der Waals surface area contributed by atoms with E-state index >= 15 is 0 Å². The Balaban J connectivity index is 2.63. The number of aromatic nitrogens is 1. The Kier molecular flexibility index (Phi) is 2.81. The Morgan fingerprint density at radius 1 is 1.19 bits per heavy atom. The molecular weight excluding hydrogens is 200 g/mol. The minimum Gasteiger partial charge on any atom is -0.307 e. The number of pyridine rings is 1. The number of nitrogens with one attached hydrogen (secondary N) is 1. The van der Waals surface area contributed by atoms with Gasteiger partial charge in [0.2, 0.25) is 0 Å². The van der Waals surface area contributed by atoms with Crippen molar-refractivity contribution in [3.05, 3.63) is 48.2 Å². The van der Waals surface area contributed by atoms with E-state index in [1.807, 2.05) is 30.3 Å². The number of rotatable bonds is 2. The van der Waals surface area contributed by atoms with E-state index in [-0.39, 0.29) is 0 Å². The molecule has 0 aliphatic carbocycles. The monoisotopic (exact) mass is 210 g/mol. The van der Waals surface area contributed by atoms with Crippen molar-refractivity contribution in [2.45, 2.75) is 0 Å². The molecule has 1 aromatic heterocycles. The van der Waals surface area contributed by atoms with E-state index in [1.54, 1.807) is 12.3 Å². The van der Waals surface area contributed by atoms with E-state index in [2.05, 4.69) is 16.5 Å². The predicted octanol–water partition coefficient (Wildman–Crippen LogP) is 1.91. The molecule has 0 bridgehead atoms. The topological polar surface area (TPSA) is 74.7 Å². The van der Waals surface area contributed by atoms with Crippen LogP contribution in [0.4, 0.5) is 5.82 Å². The molecular formula is C12H10N4. The Hall–Kier alpha value is -2.38. The number of nitrogen functional groups attached to an aromatic ring is 1. The number of nitriles is 1. The number of hydrogen-bond acceptors (Lipinski definition) is 4. The van der Waals surface area contributed by atoms with E-state index in [0.29, 0.717) is 11.4 Å². The molecule has 2 aromatic rings. The molecule has 78 valence electrons. The van der Waals surface area contributed by atoms with Crippen molar-refractivity contribution >= 4 is 5.82 Å². The molecule has 0 saturated carbocycles. The molecule has 3 N–H and O–H groups in total. The predicted molar refractivity (Wildman–Crippen MR) is 62.2 cm³/mol. The lowest BCUT2D eigenvalue weighted by atomic mass is 10.0. The molecule has 0 fully saturated rings. The van der Waals surface area contributed by atoms with Gasteiger partial charge in [0.15, 0.2) is 5.82 Å². The van der Waals surface area contributed by atoms with Gasteiger partial charge in [-0.2, -0.15) is 5.26 Å². The van der Waals surface area contributed by atoms with Crippen LogP contribution in [0.5, 0.6) is 0 Å². The highest BCUT2D eigenvalue weighted by Gasteiger charge is 2.09. The fraction of sp³-hybridized carbons (Fsp3) is 0. The van der Waals surface area contributed by atoms with Crippen LogP contribution in [-0.2, 0) is 0 Å². The summed E-state index contributed by atoms with van der Waals surface area (Å²) >= 11 is 0. The van der Waals surface area contributed by atoms with Crippen LogP contribution in [0.25, 0.3) is 11.1 Å². The quantitative estimate of drug-likeness (QED) is 0.586. The van der Waals surface area contributed by atoms with Crippen molar-refractivity contribution in [1.29, 1.82) is 5.26 Å². The van der Waals surface area contributed by atoms with Crippen LogP contribution < -0.4 is 11.3 Å². The lowest BCUT2D eigenvalue weighted by molar-refractivity contribution is 1.21. The molecule has 0 saturated heterocycles. The van der Waals surface area contributed by atoms with Gasteiger partial charge in [-0.25, -0.2) is 10.8 Å². The molecule has 4 nitrogen and oxygen atoms in total. The van der Waals surface area contributed by atoms with Crippen LogP contribution in [0.2, 0.25) is 0 Å². The number of anilines is 1. The van der Waals surface area contributed by atoms with Crippen molar-refractivity contribution in [3.63, 3.8) is 0 Å². The van der Waals surface area contributed by atoms with Gasteiger partial charge in [-0.15, -0.1) is 0 Å². The van der Waals surface area contributed by atoms with Crippen LogP contribution in [-0.4, -0.2) is 4.98 Å². The number of benzene rings is 1. The third-order valence-electron chi connectivity index (χ3n) is 2.28. The van der Waals surface area contributed by atoms with Crippen LogP contribution in [0.15, 0.2) is 42.6 Å². The molecule has 1 heterocycles. The molecule has 4 heteroatoms. The molecule has 0 spiro atoms. The van der Waals surface area contributed by atoms with Crippen LogP contribution in [0.3, 0.4) is 0 Å². The molecule has 2 rings (SSSR count). The second-order valence-corrected chi connectivity index (χ2v) is 3.20. The summed E-state index contributed by atoms with van der Waals surface area (Å²) in [6, 6.07) is 13.6. The Bertz CT molecular complexity index is 528. The van der Waals surface area contributed by atoms with Crippen LogP contribution >= 0.6 is 0 Å². The average molecular weight is 210 g/mol. The SMILES string of the molecule is N#Cc1c(-c2ccccc2)ccnc1NN. The highest BCUT2D eigenvalue weighted by Crippen LogP contribution is 2.26. The first-order valence-electron chi connectivity index (χ1n) is 4.78. The largest absolute Gasteiger partial charge is 0.307 e. The van der Waals surface area contributed by atoms with Gasteiger partial charge in [0.25, 0.3) is 0 Å². The summed E-state index contributed by atoms with van der Waals surface area (Å²) in [5.41, 5.74) is 4.67. The summed E-state index contributed by atoms with van der Waals surface area (Å²) in [6.07, 6.45) is 1.62. The number of hydrogen-bond donors (Lipinski definition) is 2. The molecule has 0 aliphatic rings. The fourth-order valence-corrected chi connectivity index (χ4v) is 1.54. The molecule has 16 heavy (non-hydrogen) atoms. The van der Waals surface area contributed by atoms with E-state index in [0.717, 1.165) is 11.1 Å². The molecule has 1 aromatic carbocycles. The van der Waals surface area contributed by atoms with Crippen LogP contribution in [0.1, 0.15) is 5.56 Å². The van der Waals surface area contributed by atoms with E-state index in [1.165, 1.54) is 0 Å². The summed E-state index contributed by atoms with van der Waals surface area (Å²) in [5.74, 6) is 5.70. The van der Waals surface area contributed by atoms with Crippen molar-refractivity contribution in [1.82, 2.24) is 4.98 Å². The second-order valence-electron chi connectivity index (χ2n) is 3.20. The minimum absolute atomic E-state index is 0.392. The highest BCUT2D eigenvalue weighted by molar-refractivity contribution is 5.75. The van der Waals surface area contributed by atoms with Crippen molar-refractivity contribution in [2.75, 3.05) is 5.43 Å². The van der Waals surface area contributed by atoms with Gasteiger partial charge in [0.1, 0.15) is 11.6 Å². The molecule has 0 atom stereocenters. The number of hydrazine groups is 1. The zero-order valence-electron chi connectivity index (χ0n) is 8.51. The average Bonchev–Trinajstić information content (AvgIpc) is 2.38. The van der Waals surface area contributed by atoms with E-state index < -0.39 is 0 Å². The van der Waals surface area contributed by atoms with Gasteiger partial charge in [0.05, 0.1) is 0 Å². The Labute approximate surface area is 93.3 Å². The van der Waals surface area contributed by atoms with E-state index in [9.17, 15) is 0 Å².